The SMILES string of the molecule is CCc1ccc(OC)c(S(=O)(=O)NC2CCCCCC2)c1. The van der Waals surface area contributed by atoms with Gasteiger partial charge >= 0.3 is 0 Å². The Balaban J connectivity index is 2.25. The van der Waals surface area contributed by atoms with Crippen molar-refractivity contribution in [3.05, 3.63) is 23.8 Å². The Hall–Kier alpha value is -1.07. The van der Waals surface area contributed by atoms with Crippen molar-refractivity contribution in [3.8, 4) is 5.75 Å². The van der Waals surface area contributed by atoms with Crippen LogP contribution in [0.15, 0.2) is 23.1 Å². The fourth-order valence-electron chi connectivity index (χ4n) is 2.83. The summed E-state index contributed by atoms with van der Waals surface area (Å²) >= 11 is 0. The molecular weight excluding hydrogens is 286 g/mol. The van der Waals surface area contributed by atoms with Crippen molar-refractivity contribution in [2.45, 2.75) is 62.8 Å². The molecule has 21 heavy (non-hydrogen) atoms. The van der Waals surface area contributed by atoms with Gasteiger partial charge in [-0.25, -0.2) is 13.1 Å². The van der Waals surface area contributed by atoms with E-state index in [9.17, 15) is 8.42 Å². The maximum Gasteiger partial charge on any atom is 0.244 e. The first-order valence-electron chi connectivity index (χ1n) is 7.76. The minimum Gasteiger partial charge on any atom is -0.495 e. The van der Waals surface area contributed by atoms with Crippen molar-refractivity contribution in [1.82, 2.24) is 4.72 Å². The highest BCUT2D eigenvalue weighted by atomic mass is 32.2. The number of rotatable bonds is 5. The van der Waals surface area contributed by atoms with Gasteiger partial charge in [0, 0.05) is 6.04 Å². The topological polar surface area (TPSA) is 55.4 Å². The zero-order valence-electron chi connectivity index (χ0n) is 12.9. The number of ether oxygens (including phenoxy) is 1. The molecule has 0 saturated heterocycles. The lowest BCUT2D eigenvalue weighted by Gasteiger charge is -2.18. The summed E-state index contributed by atoms with van der Waals surface area (Å²) in [6.07, 6.45) is 7.25. The van der Waals surface area contributed by atoms with E-state index in [1.165, 1.54) is 20.0 Å². The molecule has 0 radical (unpaired) electrons. The molecule has 0 amide bonds. The summed E-state index contributed by atoms with van der Waals surface area (Å²) in [6, 6.07) is 5.41. The van der Waals surface area contributed by atoms with Gasteiger partial charge in [0.1, 0.15) is 10.6 Å². The molecule has 0 bridgehead atoms. The highest BCUT2D eigenvalue weighted by molar-refractivity contribution is 7.89. The number of hydrogen-bond acceptors (Lipinski definition) is 3. The zero-order chi connectivity index (χ0) is 15.3. The predicted octanol–water partition coefficient (Wildman–Crippen LogP) is 3.26. The Labute approximate surface area is 127 Å². The van der Waals surface area contributed by atoms with Crippen LogP contribution in [0.4, 0.5) is 0 Å². The lowest BCUT2D eigenvalue weighted by molar-refractivity contribution is 0.401. The van der Waals surface area contributed by atoms with Crippen LogP contribution in [0.5, 0.6) is 5.75 Å². The maximum absolute atomic E-state index is 12.7. The molecule has 0 spiro atoms. The van der Waals surface area contributed by atoms with Crippen LogP contribution >= 0.6 is 0 Å². The third-order valence-electron chi connectivity index (χ3n) is 4.10. The van der Waals surface area contributed by atoms with Crippen molar-refractivity contribution in [2.24, 2.45) is 0 Å². The van der Waals surface area contributed by atoms with Crippen LogP contribution in [0.3, 0.4) is 0 Å². The van der Waals surface area contributed by atoms with Crippen molar-refractivity contribution < 1.29 is 13.2 Å². The molecule has 5 heteroatoms. The van der Waals surface area contributed by atoms with Gasteiger partial charge in [0.2, 0.25) is 10.0 Å². The Bertz CT molecular complexity index is 561. The van der Waals surface area contributed by atoms with Gasteiger partial charge in [-0.2, -0.15) is 0 Å². The van der Waals surface area contributed by atoms with E-state index in [1.807, 2.05) is 13.0 Å². The molecule has 1 N–H and O–H groups in total. The quantitative estimate of drug-likeness (QED) is 0.849. The molecule has 0 unspecified atom stereocenters. The second-order valence-corrected chi connectivity index (χ2v) is 7.33. The van der Waals surface area contributed by atoms with Crippen LogP contribution in [-0.2, 0) is 16.4 Å². The molecule has 0 aromatic heterocycles. The second kappa shape index (κ2) is 7.27. The number of sulfonamides is 1. The van der Waals surface area contributed by atoms with E-state index >= 15 is 0 Å². The summed E-state index contributed by atoms with van der Waals surface area (Å²) < 4.78 is 33.4. The van der Waals surface area contributed by atoms with E-state index in [-0.39, 0.29) is 10.9 Å². The summed E-state index contributed by atoms with van der Waals surface area (Å²) in [5.74, 6) is 0.410. The van der Waals surface area contributed by atoms with Crippen LogP contribution < -0.4 is 9.46 Å². The molecule has 1 saturated carbocycles. The molecule has 2 rings (SSSR count). The molecule has 0 atom stereocenters. The smallest absolute Gasteiger partial charge is 0.244 e. The molecule has 1 aromatic rings. The van der Waals surface area contributed by atoms with Crippen molar-refractivity contribution in [3.63, 3.8) is 0 Å². The standard InChI is InChI=1S/C16H25NO3S/c1-3-13-10-11-15(20-2)16(12-13)21(18,19)17-14-8-6-4-5-7-9-14/h10-12,14,17H,3-9H2,1-2H3. The lowest BCUT2D eigenvalue weighted by atomic mass is 10.1. The average Bonchev–Trinajstić information content (AvgIpc) is 2.74. The van der Waals surface area contributed by atoms with E-state index in [4.69, 9.17) is 4.74 Å². The zero-order valence-corrected chi connectivity index (χ0v) is 13.7. The molecule has 1 aromatic carbocycles. The van der Waals surface area contributed by atoms with Crippen molar-refractivity contribution in [2.75, 3.05) is 7.11 Å². The molecule has 1 fully saturated rings. The van der Waals surface area contributed by atoms with Crippen LogP contribution in [0.2, 0.25) is 0 Å². The van der Waals surface area contributed by atoms with E-state index in [0.29, 0.717) is 5.75 Å². The number of hydrogen-bond donors (Lipinski definition) is 1. The fourth-order valence-corrected chi connectivity index (χ4v) is 4.36. The Kier molecular flexibility index (Phi) is 5.65. The molecule has 1 aliphatic rings. The highest BCUT2D eigenvalue weighted by Crippen LogP contribution is 2.26. The molecule has 118 valence electrons. The molecular formula is C16H25NO3S. The summed E-state index contributed by atoms with van der Waals surface area (Å²) in [4.78, 5) is 0.258. The van der Waals surface area contributed by atoms with Gasteiger partial charge in [-0.05, 0) is 37.0 Å². The number of nitrogens with one attached hydrogen (secondary N) is 1. The molecule has 4 nitrogen and oxygen atoms in total. The first-order chi connectivity index (χ1) is 10.1. The van der Waals surface area contributed by atoms with E-state index in [2.05, 4.69) is 4.72 Å². The second-order valence-electron chi connectivity index (χ2n) is 5.65. The van der Waals surface area contributed by atoms with Crippen molar-refractivity contribution >= 4 is 10.0 Å². The van der Waals surface area contributed by atoms with Crippen LogP contribution in [0.1, 0.15) is 51.0 Å². The number of methoxy groups -OCH3 is 1. The minimum atomic E-state index is -3.53. The van der Waals surface area contributed by atoms with Gasteiger partial charge in [-0.3, -0.25) is 0 Å². The van der Waals surface area contributed by atoms with Gasteiger partial charge in [-0.1, -0.05) is 38.7 Å². The molecule has 1 aliphatic carbocycles. The minimum absolute atomic E-state index is 0.0486. The van der Waals surface area contributed by atoms with Gasteiger partial charge in [0.15, 0.2) is 0 Å². The largest absolute Gasteiger partial charge is 0.495 e. The fraction of sp³-hybridized carbons (Fsp3) is 0.625. The number of aryl methyl sites for hydroxylation is 1. The Morgan fingerprint density at radius 1 is 1.19 bits per heavy atom. The lowest BCUT2D eigenvalue weighted by Crippen LogP contribution is -2.34. The summed E-state index contributed by atoms with van der Waals surface area (Å²) in [5.41, 5.74) is 0.997. The number of benzene rings is 1. The average molecular weight is 311 g/mol. The van der Waals surface area contributed by atoms with Gasteiger partial charge < -0.3 is 4.74 Å². The maximum atomic E-state index is 12.7. The van der Waals surface area contributed by atoms with Crippen LogP contribution in [-0.4, -0.2) is 21.6 Å². The van der Waals surface area contributed by atoms with E-state index in [0.717, 1.165) is 37.7 Å². The van der Waals surface area contributed by atoms with Gasteiger partial charge in [0.05, 0.1) is 7.11 Å². The highest BCUT2D eigenvalue weighted by Gasteiger charge is 2.24. The van der Waals surface area contributed by atoms with E-state index < -0.39 is 10.0 Å². The Morgan fingerprint density at radius 2 is 1.86 bits per heavy atom. The summed E-state index contributed by atoms with van der Waals surface area (Å²) in [5, 5.41) is 0. The predicted molar refractivity (Wildman–Crippen MR) is 84.2 cm³/mol. The summed E-state index contributed by atoms with van der Waals surface area (Å²) in [7, 11) is -2.02. The normalized spacial score (nSPS) is 17.4. The van der Waals surface area contributed by atoms with E-state index in [1.54, 1.807) is 12.1 Å². The van der Waals surface area contributed by atoms with Crippen LogP contribution in [0, 0.1) is 0 Å². The first-order valence-corrected chi connectivity index (χ1v) is 9.24. The summed E-state index contributed by atoms with van der Waals surface area (Å²) in [6.45, 7) is 2.01. The monoisotopic (exact) mass is 311 g/mol. The van der Waals surface area contributed by atoms with Gasteiger partial charge in [0.25, 0.3) is 0 Å². The Morgan fingerprint density at radius 3 is 2.43 bits per heavy atom. The first kappa shape index (κ1) is 16.3. The van der Waals surface area contributed by atoms with Crippen LogP contribution in [0.25, 0.3) is 0 Å². The third kappa shape index (κ3) is 4.20. The van der Waals surface area contributed by atoms with Gasteiger partial charge in [-0.15, -0.1) is 0 Å². The molecule has 0 heterocycles. The molecule has 0 aliphatic heterocycles. The van der Waals surface area contributed by atoms with Crippen molar-refractivity contribution in [1.29, 1.82) is 0 Å². The third-order valence-corrected chi connectivity index (χ3v) is 5.64.